The first kappa shape index (κ1) is 12.9. The molecule has 1 saturated heterocycles. The Morgan fingerprint density at radius 2 is 2.39 bits per heavy atom. The third-order valence-electron chi connectivity index (χ3n) is 3.17. The summed E-state index contributed by atoms with van der Waals surface area (Å²) in [5, 5.41) is 13.8. The molecule has 0 bridgehead atoms. The fraction of sp³-hybridized carbons (Fsp3) is 0.500. The molecule has 0 radical (unpaired) electrons. The Hall–Kier alpha value is -1.56. The van der Waals surface area contributed by atoms with Crippen LogP contribution in [0.4, 0.5) is 4.79 Å². The summed E-state index contributed by atoms with van der Waals surface area (Å²) in [5.41, 5.74) is 1.15. The summed E-state index contributed by atoms with van der Waals surface area (Å²) in [6.45, 7) is 2.98. The van der Waals surface area contributed by atoms with E-state index in [1.165, 1.54) is 4.90 Å². The standard InChI is InChI=1S/C12H16N2O3S/c1-8-4-6-18-10(8)7-13-12(17)14-5-2-3-9(14)11(15)16/h4,6,9H,2-3,5,7H2,1H3,(H,13,17)(H,15,16)/t9-/m0/s1. The second-order valence-corrected chi connectivity index (χ2v) is 5.38. The molecule has 2 heterocycles. The van der Waals surface area contributed by atoms with E-state index in [1.54, 1.807) is 11.3 Å². The number of thiophene rings is 1. The summed E-state index contributed by atoms with van der Waals surface area (Å²) in [4.78, 5) is 25.4. The predicted molar refractivity (Wildman–Crippen MR) is 68.7 cm³/mol. The van der Waals surface area contributed by atoms with Gasteiger partial charge >= 0.3 is 12.0 Å². The van der Waals surface area contributed by atoms with Crippen molar-refractivity contribution >= 4 is 23.3 Å². The summed E-state index contributed by atoms with van der Waals surface area (Å²) in [5.74, 6) is -0.921. The lowest BCUT2D eigenvalue weighted by Gasteiger charge is -2.21. The van der Waals surface area contributed by atoms with Crippen molar-refractivity contribution in [1.82, 2.24) is 10.2 Å². The van der Waals surface area contributed by atoms with Gasteiger partial charge in [0.1, 0.15) is 6.04 Å². The van der Waals surface area contributed by atoms with Crippen LogP contribution in [0.2, 0.25) is 0 Å². The Kier molecular flexibility index (Phi) is 3.86. The number of nitrogens with one attached hydrogen (secondary N) is 1. The number of urea groups is 1. The van der Waals surface area contributed by atoms with E-state index in [9.17, 15) is 9.59 Å². The lowest BCUT2D eigenvalue weighted by molar-refractivity contribution is -0.141. The van der Waals surface area contributed by atoms with E-state index in [1.807, 2.05) is 18.4 Å². The number of aryl methyl sites for hydroxylation is 1. The number of carboxylic acid groups (broad SMARTS) is 1. The molecular formula is C12H16N2O3S. The number of carbonyl (C=O) groups is 2. The third-order valence-corrected chi connectivity index (χ3v) is 4.19. The Bertz CT molecular complexity index is 458. The summed E-state index contributed by atoms with van der Waals surface area (Å²) in [6, 6.07) is 1.05. The number of amides is 2. The highest BCUT2D eigenvalue weighted by molar-refractivity contribution is 7.10. The first-order valence-corrected chi connectivity index (χ1v) is 6.78. The topological polar surface area (TPSA) is 69.6 Å². The van der Waals surface area contributed by atoms with Crippen LogP contribution in [-0.4, -0.2) is 34.6 Å². The van der Waals surface area contributed by atoms with E-state index in [-0.39, 0.29) is 6.03 Å². The zero-order valence-electron chi connectivity index (χ0n) is 10.2. The molecule has 0 unspecified atom stereocenters. The zero-order chi connectivity index (χ0) is 13.1. The Labute approximate surface area is 109 Å². The summed E-state index contributed by atoms with van der Waals surface area (Å²) >= 11 is 1.59. The van der Waals surface area contributed by atoms with Crippen LogP contribution in [0.3, 0.4) is 0 Å². The van der Waals surface area contributed by atoms with Gasteiger partial charge in [-0.15, -0.1) is 11.3 Å². The van der Waals surface area contributed by atoms with E-state index >= 15 is 0 Å². The predicted octanol–water partition coefficient (Wildman–Crippen LogP) is 1.82. The lowest BCUT2D eigenvalue weighted by Crippen LogP contribution is -2.45. The van der Waals surface area contributed by atoms with Crippen molar-refractivity contribution in [3.63, 3.8) is 0 Å². The number of likely N-dealkylation sites (tertiary alicyclic amines) is 1. The van der Waals surface area contributed by atoms with E-state index in [0.29, 0.717) is 19.5 Å². The van der Waals surface area contributed by atoms with Crippen LogP contribution in [-0.2, 0) is 11.3 Å². The van der Waals surface area contributed by atoms with Crippen molar-refractivity contribution < 1.29 is 14.7 Å². The van der Waals surface area contributed by atoms with Gasteiger partial charge in [-0.2, -0.15) is 0 Å². The molecule has 1 aromatic heterocycles. The molecule has 1 aliphatic heterocycles. The largest absolute Gasteiger partial charge is 0.480 e. The average Bonchev–Trinajstić information content (AvgIpc) is 2.94. The molecule has 1 aliphatic rings. The van der Waals surface area contributed by atoms with Crippen LogP contribution in [0.15, 0.2) is 11.4 Å². The second kappa shape index (κ2) is 5.39. The highest BCUT2D eigenvalue weighted by atomic mass is 32.1. The molecule has 1 fully saturated rings. The molecule has 6 heteroatoms. The number of hydrogen-bond acceptors (Lipinski definition) is 3. The maximum absolute atomic E-state index is 11.9. The SMILES string of the molecule is Cc1ccsc1CNC(=O)N1CCC[C@H]1C(=O)O. The number of carboxylic acids is 1. The fourth-order valence-corrected chi connectivity index (χ4v) is 2.96. The van der Waals surface area contributed by atoms with Gasteiger partial charge in [0.25, 0.3) is 0 Å². The van der Waals surface area contributed by atoms with Crippen molar-refractivity contribution in [2.45, 2.75) is 32.4 Å². The Morgan fingerprint density at radius 1 is 1.61 bits per heavy atom. The minimum absolute atomic E-state index is 0.285. The molecule has 1 atom stereocenters. The number of rotatable bonds is 3. The van der Waals surface area contributed by atoms with Gasteiger partial charge in [-0.05, 0) is 36.8 Å². The van der Waals surface area contributed by atoms with Gasteiger partial charge in [-0.3, -0.25) is 0 Å². The van der Waals surface area contributed by atoms with Gasteiger partial charge in [0.2, 0.25) is 0 Å². The molecule has 18 heavy (non-hydrogen) atoms. The molecule has 2 N–H and O–H groups in total. The molecule has 0 saturated carbocycles. The molecule has 1 aromatic rings. The maximum Gasteiger partial charge on any atom is 0.326 e. The minimum Gasteiger partial charge on any atom is -0.480 e. The molecule has 2 amide bonds. The quantitative estimate of drug-likeness (QED) is 0.878. The van der Waals surface area contributed by atoms with E-state index in [2.05, 4.69) is 5.32 Å². The van der Waals surface area contributed by atoms with Gasteiger partial charge in [-0.1, -0.05) is 0 Å². The summed E-state index contributed by atoms with van der Waals surface area (Å²) < 4.78 is 0. The molecule has 98 valence electrons. The molecule has 0 aliphatic carbocycles. The van der Waals surface area contributed by atoms with Crippen molar-refractivity contribution in [3.8, 4) is 0 Å². The smallest absolute Gasteiger partial charge is 0.326 e. The highest BCUT2D eigenvalue weighted by Gasteiger charge is 2.33. The van der Waals surface area contributed by atoms with E-state index in [4.69, 9.17) is 5.11 Å². The zero-order valence-corrected chi connectivity index (χ0v) is 11.0. The Balaban J connectivity index is 1.92. The van der Waals surface area contributed by atoms with E-state index in [0.717, 1.165) is 16.9 Å². The first-order valence-electron chi connectivity index (χ1n) is 5.90. The number of hydrogen-bond donors (Lipinski definition) is 2. The van der Waals surface area contributed by atoms with Crippen LogP contribution in [0.1, 0.15) is 23.3 Å². The second-order valence-electron chi connectivity index (χ2n) is 4.38. The third kappa shape index (κ3) is 2.64. The van der Waals surface area contributed by atoms with Gasteiger partial charge in [0.05, 0.1) is 6.54 Å². The average molecular weight is 268 g/mol. The maximum atomic E-state index is 11.9. The molecule has 2 rings (SSSR count). The molecule has 0 spiro atoms. The lowest BCUT2D eigenvalue weighted by atomic mass is 10.2. The van der Waals surface area contributed by atoms with Gasteiger partial charge in [0, 0.05) is 11.4 Å². The highest BCUT2D eigenvalue weighted by Crippen LogP contribution is 2.18. The van der Waals surface area contributed by atoms with Crippen LogP contribution >= 0.6 is 11.3 Å². The summed E-state index contributed by atoms with van der Waals surface area (Å²) in [6.07, 6.45) is 1.29. The van der Waals surface area contributed by atoms with Crippen molar-refractivity contribution in [3.05, 3.63) is 21.9 Å². The summed E-state index contributed by atoms with van der Waals surface area (Å²) in [7, 11) is 0. The molecule has 5 nitrogen and oxygen atoms in total. The van der Waals surface area contributed by atoms with Crippen LogP contribution in [0.25, 0.3) is 0 Å². The Morgan fingerprint density at radius 3 is 3.00 bits per heavy atom. The number of nitrogens with zero attached hydrogens (tertiary/aromatic N) is 1. The fourth-order valence-electron chi connectivity index (χ4n) is 2.11. The van der Waals surface area contributed by atoms with Crippen LogP contribution in [0.5, 0.6) is 0 Å². The van der Waals surface area contributed by atoms with Crippen molar-refractivity contribution in [1.29, 1.82) is 0 Å². The van der Waals surface area contributed by atoms with Crippen molar-refractivity contribution in [2.75, 3.05) is 6.54 Å². The van der Waals surface area contributed by atoms with Gasteiger partial charge < -0.3 is 15.3 Å². The van der Waals surface area contributed by atoms with Gasteiger partial charge in [-0.25, -0.2) is 9.59 Å². The van der Waals surface area contributed by atoms with Crippen molar-refractivity contribution in [2.24, 2.45) is 0 Å². The normalized spacial score (nSPS) is 18.9. The minimum atomic E-state index is -0.921. The van der Waals surface area contributed by atoms with Crippen LogP contribution < -0.4 is 5.32 Å². The van der Waals surface area contributed by atoms with E-state index < -0.39 is 12.0 Å². The number of carbonyl (C=O) groups excluding carboxylic acids is 1. The van der Waals surface area contributed by atoms with Gasteiger partial charge in [0.15, 0.2) is 0 Å². The monoisotopic (exact) mass is 268 g/mol. The molecular weight excluding hydrogens is 252 g/mol. The number of aliphatic carboxylic acids is 1. The first-order chi connectivity index (χ1) is 8.59. The molecule has 0 aromatic carbocycles. The van der Waals surface area contributed by atoms with Crippen LogP contribution in [0, 0.1) is 6.92 Å².